The van der Waals surface area contributed by atoms with E-state index < -0.39 is 0 Å². The van der Waals surface area contributed by atoms with Gasteiger partial charge in [0.15, 0.2) is 0 Å². The van der Waals surface area contributed by atoms with Gasteiger partial charge in [-0.1, -0.05) is 33.1 Å². The molecule has 2 saturated carbocycles. The van der Waals surface area contributed by atoms with Gasteiger partial charge in [0.2, 0.25) is 0 Å². The first-order valence-electron chi connectivity index (χ1n) is 9.12. The minimum atomic E-state index is 0.166. The Morgan fingerprint density at radius 3 is 2.35 bits per heavy atom. The topological polar surface area (TPSA) is 21.3 Å². The molecule has 2 unspecified atom stereocenters. The number of hydrogen-bond acceptors (Lipinski definition) is 2. The van der Waals surface area contributed by atoms with Crippen LogP contribution in [0.4, 0.5) is 0 Å². The van der Waals surface area contributed by atoms with Crippen molar-refractivity contribution < 1.29 is 4.74 Å². The van der Waals surface area contributed by atoms with E-state index in [0.717, 1.165) is 25.5 Å². The molecule has 0 amide bonds. The molecule has 0 aromatic rings. The first-order valence-corrected chi connectivity index (χ1v) is 9.12. The van der Waals surface area contributed by atoms with Gasteiger partial charge in [0.05, 0.1) is 5.60 Å². The highest BCUT2D eigenvalue weighted by Gasteiger charge is 2.48. The summed E-state index contributed by atoms with van der Waals surface area (Å²) in [5.41, 5.74) is 0.858. The fourth-order valence-electron chi connectivity index (χ4n) is 5.01. The van der Waals surface area contributed by atoms with E-state index in [9.17, 15) is 0 Å². The van der Waals surface area contributed by atoms with Crippen LogP contribution in [-0.4, -0.2) is 24.3 Å². The Morgan fingerprint density at radius 2 is 1.75 bits per heavy atom. The standard InChI is InChI=1S/C18H33NO/c1-3-18(4-2)14-15(9-13-20-18)19-16-8-12-17(16)10-6-5-7-11-17/h15-16,19H,3-14H2,1-2H3. The van der Waals surface area contributed by atoms with Crippen molar-refractivity contribution in [2.75, 3.05) is 6.61 Å². The summed E-state index contributed by atoms with van der Waals surface area (Å²) in [7, 11) is 0. The maximum absolute atomic E-state index is 6.12. The molecule has 1 aliphatic heterocycles. The SMILES string of the molecule is CCC1(CC)CC(NC2CCC23CCCCC3)CCO1. The van der Waals surface area contributed by atoms with Gasteiger partial charge in [0.1, 0.15) is 0 Å². The van der Waals surface area contributed by atoms with Crippen LogP contribution in [0.5, 0.6) is 0 Å². The van der Waals surface area contributed by atoms with Gasteiger partial charge in [-0.15, -0.1) is 0 Å². The van der Waals surface area contributed by atoms with Crippen molar-refractivity contribution in [2.45, 2.75) is 102 Å². The first-order chi connectivity index (χ1) is 9.72. The van der Waals surface area contributed by atoms with Gasteiger partial charge in [-0.2, -0.15) is 0 Å². The summed E-state index contributed by atoms with van der Waals surface area (Å²) in [5, 5.41) is 4.06. The number of rotatable bonds is 4. The lowest BCUT2D eigenvalue weighted by Gasteiger charge is -2.54. The molecule has 2 aliphatic carbocycles. The van der Waals surface area contributed by atoms with Crippen LogP contribution in [0, 0.1) is 5.41 Å². The Kier molecular flexibility index (Phi) is 4.42. The van der Waals surface area contributed by atoms with Crippen LogP contribution < -0.4 is 5.32 Å². The molecule has 0 aromatic carbocycles. The van der Waals surface area contributed by atoms with Gasteiger partial charge >= 0.3 is 0 Å². The minimum Gasteiger partial charge on any atom is -0.375 e. The van der Waals surface area contributed by atoms with Crippen LogP contribution in [0.15, 0.2) is 0 Å². The smallest absolute Gasteiger partial charge is 0.0692 e. The molecule has 3 aliphatic rings. The molecule has 116 valence electrons. The van der Waals surface area contributed by atoms with Crippen molar-refractivity contribution >= 4 is 0 Å². The summed E-state index contributed by atoms with van der Waals surface area (Å²) < 4.78 is 6.12. The zero-order valence-corrected chi connectivity index (χ0v) is 13.5. The quantitative estimate of drug-likeness (QED) is 0.822. The molecule has 0 aromatic heterocycles. The normalized spacial score (nSPS) is 35.7. The summed E-state index contributed by atoms with van der Waals surface area (Å²) in [5.74, 6) is 0. The lowest BCUT2D eigenvalue weighted by atomic mass is 9.57. The molecule has 3 rings (SSSR count). The number of nitrogens with one attached hydrogen (secondary N) is 1. The highest BCUT2D eigenvalue weighted by molar-refractivity contribution is 5.03. The highest BCUT2D eigenvalue weighted by Crippen LogP contribution is 2.52. The third kappa shape index (κ3) is 2.66. The molecule has 0 bridgehead atoms. The van der Waals surface area contributed by atoms with Crippen LogP contribution in [0.25, 0.3) is 0 Å². The van der Waals surface area contributed by atoms with E-state index in [1.807, 2.05) is 0 Å². The van der Waals surface area contributed by atoms with Gasteiger partial charge < -0.3 is 10.1 Å². The van der Waals surface area contributed by atoms with Gasteiger partial charge in [0.25, 0.3) is 0 Å². The van der Waals surface area contributed by atoms with Crippen LogP contribution in [0.3, 0.4) is 0 Å². The lowest BCUT2D eigenvalue weighted by molar-refractivity contribution is -0.100. The summed E-state index contributed by atoms with van der Waals surface area (Å²) in [6.07, 6.45) is 15.1. The monoisotopic (exact) mass is 279 g/mol. The third-order valence-electron chi connectivity index (χ3n) is 6.74. The van der Waals surface area contributed by atoms with Crippen molar-refractivity contribution in [3.8, 4) is 0 Å². The summed E-state index contributed by atoms with van der Waals surface area (Å²) in [6.45, 7) is 5.54. The fraction of sp³-hybridized carbons (Fsp3) is 1.00. The van der Waals surface area contributed by atoms with Gasteiger partial charge in [-0.05, 0) is 56.8 Å². The van der Waals surface area contributed by atoms with Crippen LogP contribution >= 0.6 is 0 Å². The van der Waals surface area contributed by atoms with E-state index >= 15 is 0 Å². The first kappa shape index (κ1) is 14.8. The van der Waals surface area contributed by atoms with E-state index in [1.54, 1.807) is 0 Å². The van der Waals surface area contributed by atoms with Crippen LogP contribution in [0.2, 0.25) is 0 Å². The molecule has 2 heteroatoms. The molecule has 1 heterocycles. The Labute approximate surface area is 125 Å². The van der Waals surface area contributed by atoms with Crippen molar-refractivity contribution in [1.29, 1.82) is 0 Å². The zero-order valence-electron chi connectivity index (χ0n) is 13.5. The number of ether oxygens (including phenoxy) is 1. The van der Waals surface area contributed by atoms with Crippen molar-refractivity contribution in [1.82, 2.24) is 5.32 Å². The van der Waals surface area contributed by atoms with Crippen LogP contribution in [0.1, 0.15) is 84.5 Å². The van der Waals surface area contributed by atoms with Gasteiger partial charge in [0, 0.05) is 18.7 Å². The molecule has 20 heavy (non-hydrogen) atoms. The highest BCUT2D eigenvalue weighted by atomic mass is 16.5. The van der Waals surface area contributed by atoms with Crippen molar-refractivity contribution in [3.05, 3.63) is 0 Å². The molecular formula is C18H33NO. The second-order valence-electron chi connectivity index (χ2n) is 7.61. The lowest BCUT2D eigenvalue weighted by Crippen LogP contribution is -2.59. The maximum atomic E-state index is 6.12. The van der Waals surface area contributed by atoms with E-state index in [-0.39, 0.29) is 5.60 Å². The van der Waals surface area contributed by atoms with Crippen molar-refractivity contribution in [2.24, 2.45) is 5.41 Å². The minimum absolute atomic E-state index is 0.166. The Morgan fingerprint density at radius 1 is 1.00 bits per heavy atom. The Hall–Kier alpha value is -0.0800. The summed E-state index contributed by atoms with van der Waals surface area (Å²) in [6, 6.07) is 1.52. The average molecular weight is 279 g/mol. The fourth-order valence-corrected chi connectivity index (χ4v) is 5.01. The largest absolute Gasteiger partial charge is 0.375 e. The van der Waals surface area contributed by atoms with Crippen LogP contribution in [-0.2, 0) is 4.74 Å². The molecule has 2 nitrogen and oxygen atoms in total. The number of hydrogen-bond donors (Lipinski definition) is 1. The average Bonchev–Trinajstić information content (AvgIpc) is 2.52. The van der Waals surface area contributed by atoms with E-state index in [1.165, 1.54) is 57.8 Å². The zero-order chi connectivity index (χ0) is 14.1. The predicted molar refractivity (Wildman–Crippen MR) is 84.0 cm³/mol. The predicted octanol–water partition coefficient (Wildman–Crippen LogP) is 4.43. The summed E-state index contributed by atoms with van der Waals surface area (Å²) >= 11 is 0. The van der Waals surface area contributed by atoms with Gasteiger partial charge in [-0.3, -0.25) is 0 Å². The van der Waals surface area contributed by atoms with Gasteiger partial charge in [-0.25, -0.2) is 0 Å². The second-order valence-corrected chi connectivity index (χ2v) is 7.61. The molecule has 1 N–H and O–H groups in total. The van der Waals surface area contributed by atoms with Crippen molar-refractivity contribution in [3.63, 3.8) is 0 Å². The Bertz CT molecular complexity index is 317. The molecule has 1 saturated heterocycles. The molecular weight excluding hydrogens is 246 g/mol. The van der Waals surface area contributed by atoms with E-state index in [4.69, 9.17) is 4.74 Å². The second kappa shape index (κ2) is 5.96. The third-order valence-corrected chi connectivity index (χ3v) is 6.74. The summed E-state index contributed by atoms with van der Waals surface area (Å²) in [4.78, 5) is 0. The van der Waals surface area contributed by atoms with E-state index in [2.05, 4.69) is 19.2 Å². The molecule has 0 radical (unpaired) electrons. The van der Waals surface area contributed by atoms with E-state index in [0.29, 0.717) is 11.5 Å². The maximum Gasteiger partial charge on any atom is 0.0692 e. The molecule has 1 spiro atoms. The molecule has 3 fully saturated rings. The molecule has 2 atom stereocenters. The Balaban J connectivity index is 1.57.